The molecule has 36 heavy (non-hydrogen) atoms. The summed E-state index contributed by atoms with van der Waals surface area (Å²) in [5.41, 5.74) is 3.18. The largest absolute Gasteiger partial charge is 0.486 e. The Balaban J connectivity index is 1.04. The van der Waals surface area contributed by atoms with E-state index in [4.69, 9.17) is 9.47 Å². The summed E-state index contributed by atoms with van der Waals surface area (Å²) in [5.74, 6) is 1.69. The van der Waals surface area contributed by atoms with Gasteiger partial charge in [-0.1, -0.05) is 48.5 Å². The molecular weight excluding hydrogens is 474 g/mol. The number of fused-ring (bicyclic) bond motifs is 1. The van der Waals surface area contributed by atoms with Crippen molar-refractivity contribution in [2.75, 3.05) is 57.4 Å². The Morgan fingerprint density at radius 1 is 0.750 bits per heavy atom. The first-order valence-electron chi connectivity index (χ1n) is 12.6. The lowest BCUT2D eigenvalue weighted by atomic mass is 10.1. The van der Waals surface area contributed by atoms with Crippen molar-refractivity contribution in [3.63, 3.8) is 0 Å². The fraction of sp³-hybridized carbons (Fsp3) is 0.357. The summed E-state index contributed by atoms with van der Waals surface area (Å²) in [6.45, 7) is 6.42. The standard InChI is InChI=1S/C28H33N3O4S/c32-36(33,25-13-11-24(12-14-25)23-7-2-1-3-8-23)29-15-4-5-16-30-17-19-31(20-18-30)26-9-6-10-27-28(26)35-22-21-34-27/h1-3,6-14,29H,4-5,15-22H2. The van der Waals surface area contributed by atoms with E-state index in [1.807, 2.05) is 54.6 Å². The molecule has 2 aliphatic heterocycles. The maximum absolute atomic E-state index is 12.7. The van der Waals surface area contributed by atoms with Gasteiger partial charge >= 0.3 is 0 Å². The number of unbranched alkanes of at least 4 members (excludes halogenated alkanes) is 1. The predicted octanol–water partition coefficient (Wildman–Crippen LogP) is 4.01. The maximum Gasteiger partial charge on any atom is 0.240 e. The average Bonchev–Trinajstić information content (AvgIpc) is 2.93. The zero-order valence-electron chi connectivity index (χ0n) is 20.4. The van der Waals surface area contributed by atoms with Gasteiger partial charge in [0, 0.05) is 32.7 Å². The molecule has 0 saturated carbocycles. The van der Waals surface area contributed by atoms with Crippen LogP contribution in [0, 0.1) is 0 Å². The summed E-state index contributed by atoms with van der Waals surface area (Å²) >= 11 is 0. The van der Waals surface area contributed by atoms with Crippen LogP contribution in [0.2, 0.25) is 0 Å². The van der Waals surface area contributed by atoms with Crippen LogP contribution < -0.4 is 19.1 Å². The minimum absolute atomic E-state index is 0.302. The van der Waals surface area contributed by atoms with E-state index >= 15 is 0 Å². The Labute approximate surface area is 213 Å². The number of benzene rings is 3. The van der Waals surface area contributed by atoms with E-state index in [0.717, 1.165) is 73.9 Å². The van der Waals surface area contributed by atoms with Crippen molar-refractivity contribution >= 4 is 15.7 Å². The van der Waals surface area contributed by atoms with Gasteiger partial charge < -0.3 is 14.4 Å². The number of nitrogens with one attached hydrogen (secondary N) is 1. The topological polar surface area (TPSA) is 71.1 Å². The van der Waals surface area contributed by atoms with Crippen LogP contribution in [0.1, 0.15) is 12.8 Å². The van der Waals surface area contributed by atoms with Crippen molar-refractivity contribution in [2.24, 2.45) is 0 Å². The van der Waals surface area contributed by atoms with Crippen LogP contribution >= 0.6 is 0 Å². The Bertz CT molecular complexity index is 1240. The van der Waals surface area contributed by atoms with Gasteiger partial charge in [0.05, 0.1) is 10.6 Å². The van der Waals surface area contributed by atoms with Gasteiger partial charge in [-0.25, -0.2) is 13.1 Å². The highest BCUT2D eigenvalue weighted by atomic mass is 32.2. The van der Waals surface area contributed by atoms with Gasteiger partial charge in [0.1, 0.15) is 13.2 Å². The molecule has 190 valence electrons. The van der Waals surface area contributed by atoms with Gasteiger partial charge in [-0.15, -0.1) is 0 Å². The molecule has 1 fully saturated rings. The lowest BCUT2D eigenvalue weighted by Gasteiger charge is -2.37. The summed E-state index contributed by atoms with van der Waals surface area (Å²) in [6, 6.07) is 23.1. The third kappa shape index (κ3) is 5.83. The van der Waals surface area contributed by atoms with Crippen molar-refractivity contribution in [2.45, 2.75) is 17.7 Å². The van der Waals surface area contributed by atoms with Gasteiger partial charge in [0.15, 0.2) is 11.5 Å². The molecule has 0 amide bonds. The normalized spacial score (nSPS) is 16.2. The fourth-order valence-corrected chi connectivity index (χ4v) is 5.80. The number of para-hydroxylation sites is 1. The van der Waals surface area contributed by atoms with E-state index in [1.165, 1.54) is 0 Å². The van der Waals surface area contributed by atoms with E-state index in [2.05, 4.69) is 20.6 Å². The fourth-order valence-electron chi connectivity index (χ4n) is 4.73. The molecule has 3 aromatic rings. The van der Waals surface area contributed by atoms with Gasteiger partial charge in [-0.2, -0.15) is 0 Å². The zero-order valence-corrected chi connectivity index (χ0v) is 21.3. The lowest BCUT2D eigenvalue weighted by molar-refractivity contribution is 0.171. The predicted molar refractivity (Wildman–Crippen MR) is 142 cm³/mol. The molecule has 1 saturated heterocycles. The van der Waals surface area contributed by atoms with Crippen LogP contribution in [0.4, 0.5) is 5.69 Å². The summed E-state index contributed by atoms with van der Waals surface area (Å²) in [4.78, 5) is 5.11. The monoisotopic (exact) mass is 507 g/mol. The number of hydrogen-bond donors (Lipinski definition) is 1. The number of hydrogen-bond acceptors (Lipinski definition) is 6. The molecule has 0 atom stereocenters. The van der Waals surface area contributed by atoms with Crippen molar-refractivity contribution < 1.29 is 17.9 Å². The van der Waals surface area contributed by atoms with Crippen molar-refractivity contribution in [1.82, 2.24) is 9.62 Å². The average molecular weight is 508 g/mol. The van der Waals surface area contributed by atoms with E-state index in [1.54, 1.807) is 12.1 Å². The number of piperazine rings is 1. The number of anilines is 1. The van der Waals surface area contributed by atoms with Crippen LogP contribution in [0.25, 0.3) is 11.1 Å². The minimum Gasteiger partial charge on any atom is -0.486 e. The summed E-state index contributed by atoms with van der Waals surface area (Å²) in [5, 5.41) is 0. The molecule has 8 heteroatoms. The van der Waals surface area contributed by atoms with E-state index in [0.29, 0.717) is 24.7 Å². The van der Waals surface area contributed by atoms with Crippen LogP contribution in [0.3, 0.4) is 0 Å². The van der Waals surface area contributed by atoms with E-state index < -0.39 is 10.0 Å². The van der Waals surface area contributed by atoms with Crippen molar-refractivity contribution in [3.8, 4) is 22.6 Å². The molecule has 0 unspecified atom stereocenters. The van der Waals surface area contributed by atoms with Crippen molar-refractivity contribution in [1.29, 1.82) is 0 Å². The second kappa shape index (κ2) is 11.3. The first-order chi connectivity index (χ1) is 17.6. The molecule has 0 bridgehead atoms. The molecule has 3 aromatic carbocycles. The van der Waals surface area contributed by atoms with Gasteiger partial charge in [0.25, 0.3) is 0 Å². The molecule has 5 rings (SSSR count). The molecule has 0 spiro atoms. The second-order valence-corrected chi connectivity index (χ2v) is 10.9. The van der Waals surface area contributed by atoms with Crippen LogP contribution in [-0.4, -0.2) is 65.8 Å². The molecule has 2 heterocycles. The molecule has 1 N–H and O–H groups in total. The Morgan fingerprint density at radius 3 is 2.25 bits per heavy atom. The van der Waals surface area contributed by atoms with E-state index in [9.17, 15) is 8.42 Å². The first-order valence-corrected chi connectivity index (χ1v) is 14.1. The smallest absolute Gasteiger partial charge is 0.240 e. The van der Waals surface area contributed by atoms with E-state index in [-0.39, 0.29) is 0 Å². The highest BCUT2D eigenvalue weighted by Gasteiger charge is 2.23. The van der Waals surface area contributed by atoms with Crippen molar-refractivity contribution in [3.05, 3.63) is 72.8 Å². The lowest BCUT2D eigenvalue weighted by Crippen LogP contribution is -2.46. The van der Waals surface area contributed by atoms with Crippen LogP contribution in [0.5, 0.6) is 11.5 Å². The number of ether oxygens (including phenoxy) is 2. The summed E-state index contributed by atoms with van der Waals surface area (Å²) in [7, 11) is -3.50. The van der Waals surface area contributed by atoms with Gasteiger partial charge in [-0.05, 0) is 54.8 Å². The number of nitrogens with zero attached hydrogens (tertiary/aromatic N) is 2. The SMILES string of the molecule is O=S(=O)(NCCCCN1CCN(c2cccc3c2OCCO3)CC1)c1ccc(-c2ccccc2)cc1. The molecule has 0 aromatic heterocycles. The summed E-state index contributed by atoms with van der Waals surface area (Å²) < 4.78 is 39.7. The number of rotatable bonds is 9. The van der Waals surface area contributed by atoms with Crippen LogP contribution in [-0.2, 0) is 10.0 Å². The summed E-state index contributed by atoms with van der Waals surface area (Å²) in [6.07, 6.45) is 1.76. The molecule has 0 radical (unpaired) electrons. The Hall–Kier alpha value is -3.07. The molecule has 7 nitrogen and oxygen atoms in total. The third-order valence-electron chi connectivity index (χ3n) is 6.72. The maximum atomic E-state index is 12.7. The second-order valence-electron chi connectivity index (χ2n) is 9.13. The molecule has 0 aliphatic carbocycles. The minimum atomic E-state index is -3.50. The molecule has 2 aliphatic rings. The quantitative estimate of drug-likeness (QED) is 0.442. The zero-order chi connectivity index (χ0) is 24.8. The highest BCUT2D eigenvalue weighted by Crippen LogP contribution is 2.39. The third-order valence-corrected chi connectivity index (χ3v) is 8.20. The highest BCUT2D eigenvalue weighted by molar-refractivity contribution is 7.89. The number of sulfonamides is 1. The Kier molecular flexibility index (Phi) is 7.75. The van der Waals surface area contributed by atoms with Gasteiger partial charge in [-0.3, -0.25) is 4.90 Å². The van der Waals surface area contributed by atoms with Crippen LogP contribution in [0.15, 0.2) is 77.7 Å². The van der Waals surface area contributed by atoms with Gasteiger partial charge in [0.2, 0.25) is 10.0 Å². The molecular formula is C28H33N3O4S. The first kappa shape index (κ1) is 24.6. The Morgan fingerprint density at radius 2 is 1.47 bits per heavy atom.